The number of hydrogen-bond donors (Lipinski definition) is 1. The second-order valence-corrected chi connectivity index (χ2v) is 6.28. The smallest absolute Gasteiger partial charge is 0.220 e. The molecule has 0 aromatic rings. The van der Waals surface area contributed by atoms with Crippen molar-refractivity contribution in [2.45, 2.75) is 64.8 Å². The van der Waals surface area contributed by atoms with Gasteiger partial charge in [-0.05, 0) is 24.7 Å². The van der Waals surface area contributed by atoms with Crippen LogP contribution in [0, 0.1) is 11.8 Å². The van der Waals surface area contributed by atoms with E-state index in [4.69, 9.17) is 0 Å². The lowest BCUT2D eigenvalue weighted by atomic mass is 9.96. The van der Waals surface area contributed by atoms with Gasteiger partial charge < -0.3 is 5.32 Å². The minimum Gasteiger partial charge on any atom is -0.352 e. The molecule has 0 heterocycles. The van der Waals surface area contributed by atoms with E-state index in [1.807, 2.05) is 0 Å². The number of alkyl halides is 1. The second-order valence-electron chi connectivity index (χ2n) is 5.63. The van der Waals surface area contributed by atoms with Crippen LogP contribution in [0.5, 0.6) is 0 Å². The number of amides is 1. The summed E-state index contributed by atoms with van der Waals surface area (Å²) in [6.45, 7) is 4.30. The monoisotopic (exact) mass is 303 g/mol. The van der Waals surface area contributed by atoms with Gasteiger partial charge in [-0.2, -0.15) is 0 Å². The van der Waals surface area contributed by atoms with E-state index in [1.54, 1.807) is 0 Å². The summed E-state index contributed by atoms with van der Waals surface area (Å²) in [4.78, 5) is 12.0. The molecule has 0 aromatic heterocycles. The first kappa shape index (κ1) is 15.0. The largest absolute Gasteiger partial charge is 0.352 e. The quantitative estimate of drug-likeness (QED) is 0.606. The molecule has 0 aromatic carbocycles. The van der Waals surface area contributed by atoms with Crippen molar-refractivity contribution < 1.29 is 4.79 Å². The Morgan fingerprint density at radius 3 is 2.29 bits per heavy atom. The lowest BCUT2D eigenvalue weighted by Crippen LogP contribution is -2.40. The SMILES string of the molecule is CC(C)C(CBr)NC(=O)CC1CCCCCC1. The van der Waals surface area contributed by atoms with Crippen molar-refractivity contribution in [3.8, 4) is 0 Å². The molecule has 3 heteroatoms. The molecule has 1 unspecified atom stereocenters. The Bertz CT molecular complexity index is 222. The van der Waals surface area contributed by atoms with E-state index < -0.39 is 0 Å². The van der Waals surface area contributed by atoms with E-state index in [2.05, 4.69) is 35.1 Å². The summed E-state index contributed by atoms with van der Waals surface area (Å²) in [6, 6.07) is 0.272. The summed E-state index contributed by atoms with van der Waals surface area (Å²) < 4.78 is 0. The first-order chi connectivity index (χ1) is 8.13. The fourth-order valence-electron chi connectivity index (χ4n) is 2.48. The van der Waals surface area contributed by atoms with Crippen molar-refractivity contribution >= 4 is 21.8 Å². The van der Waals surface area contributed by atoms with Gasteiger partial charge in [0.2, 0.25) is 5.91 Å². The predicted molar refractivity (Wildman–Crippen MR) is 76.4 cm³/mol. The topological polar surface area (TPSA) is 29.1 Å². The van der Waals surface area contributed by atoms with E-state index in [0.717, 1.165) is 11.8 Å². The van der Waals surface area contributed by atoms with Crippen LogP contribution in [0.1, 0.15) is 58.8 Å². The highest BCUT2D eigenvalue weighted by Crippen LogP contribution is 2.25. The Hall–Kier alpha value is -0.0500. The molecular weight excluding hydrogens is 278 g/mol. The zero-order chi connectivity index (χ0) is 12.7. The Morgan fingerprint density at radius 2 is 1.82 bits per heavy atom. The van der Waals surface area contributed by atoms with Gasteiger partial charge in [0, 0.05) is 17.8 Å². The van der Waals surface area contributed by atoms with Crippen molar-refractivity contribution in [1.29, 1.82) is 0 Å². The lowest BCUT2D eigenvalue weighted by molar-refractivity contribution is -0.122. The molecule has 100 valence electrons. The van der Waals surface area contributed by atoms with Crippen LogP contribution in [0.25, 0.3) is 0 Å². The molecule has 1 atom stereocenters. The van der Waals surface area contributed by atoms with Gasteiger partial charge in [0.25, 0.3) is 0 Å². The summed E-state index contributed by atoms with van der Waals surface area (Å²) >= 11 is 3.47. The van der Waals surface area contributed by atoms with E-state index in [0.29, 0.717) is 11.8 Å². The molecule has 1 saturated carbocycles. The molecule has 0 spiro atoms. The second kappa shape index (κ2) is 8.12. The van der Waals surface area contributed by atoms with Crippen LogP contribution >= 0.6 is 15.9 Å². The Morgan fingerprint density at radius 1 is 1.24 bits per heavy atom. The van der Waals surface area contributed by atoms with Crippen molar-refractivity contribution in [2.24, 2.45) is 11.8 Å². The number of rotatable bonds is 5. The molecule has 1 rings (SSSR count). The average molecular weight is 304 g/mol. The molecular formula is C14H26BrNO. The number of halogens is 1. The highest BCUT2D eigenvalue weighted by atomic mass is 79.9. The molecule has 1 aliphatic carbocycles. The third kappa shape index (κ3) is 5.89. The molecule has 17 heavy (non-hydrogen) atoms. The van der Waals surface area contributed by atoms with Crippen LogP contribution in [-0.2, 0) is 4.79 Å². The maximum atomic E-state index is 12.0. The van der Waals surface area contributed by atoms with Gasteiger partial charge in [0.15, 0.2) is 0 Å². The van der Waals surface area contributed by atoms with Crippen LogP contribution in [0.2, 0.25) is 0 Å². The molecule has 2 nitrogen and oxygen atoms in total. The minimum atomic E-state index is 0.245. The standard InChI is InChI=1S/C14H26BrNO/c1-11(2)13(10-15)16-14(17)9-12-7-5-3-4-6-8-12/h11-13H,3-10H2,1-2H3,(H,16,17). The van der Waals surface area contributed by atoms with Gasteiger partial charge in [0.1, 0.15) is 0 Å². The van der Waals surface area contributed by atoms with Gasteiger partial charge in [-0.25, -0.2) is 0 Å². The molecule has 1 fully saturated rings. The van der Waals surface area contributed by atoms with Crippen molar-refractivity contribution in [2.75, 3.05) is 5.33 Å². The maximum Gasteiger partial charge on any atom is 0.220 e. The van der Waals surface area contributed by atoms with Crippen LogP contribution in [-0.4, -0.2) is 17.3 Å². The van der Waals surface area contributed by atoms with Crippen LogP contribution < -0.4 is 5.32 Å². The van der Waals surface area contributed by atoms with Crippen molar-refractivity contribution in [3.63, 3.8) is 0 Å². The number of nitrogens with one attached hydrogen (secondary N) is 1. The average Bonchev–Trinajstić information content (AvgIpc) is 2.54. The van der Waals surface area contributed by atoms with Crippen LogP contribution in [0.3, 0.4) is 0 Å². The van der Waals surface area contributed by atoms with E-state index in [1.165, 1.54) is 38.5 Å². The van der Waals surface area contributed by atoms with Crippen molar-refractivity contribution in [3.05, 3.63) is 0 Å². The summed E-state index contributed by atoms with van der Waals surface area (Å²) in [5.41, 5.74) is 0. The fraction of sp³-hybridized carbons (Fsp3) is 0.929. The summed E-state index contributed by atoms with van der Waals surface area (Å²) in [7, 11) is 0. The minimum absolute atomic E-state index is 0.245. The molecule has 0 saturated heterocycles. The highest BCUT2D eigenvalue weighted by Gasteiger charge is 2.19. The van der Waals surface area contributed by atoms with Crippen molar-refractivity contribution in [1.82, 2.24) is 5.32 Å². The molecule has 0 aliphatic heterocycles. The maximum absolute atomic E-state index is 12.0. The zero-order valence-electron chi connectivity index (χ0n) is 11.2. The van der Waals surface area contributed by atoms with Gasteiger partial charge in [-0.3, -0.25) is 4.79 Å². The summed E-state index contributed by atoms with van der Waals surface area (Å²) in [5.74, 6) is 1.36. The lowest BCUT2D eigenvalue weighted by Gasteiger charge is -2.21. The predicted octanol–water partition coefficient (Wildman–Crippen LogP) is 3.88. The summed E-state index contributed by atoms with van der Waals surface area (Å²) in [5, 5.41) is 4.00. The number of carbonyl (C=O) groups excluding carboxylic acids is 1. The van der Waals surface area contributed by atoms with E-state index >= 15 is 0 Å². The Labute approximate surface area is 114 Å². The molecule has 0 bridgehead atoms. The van der Waals surface area contributed by atoms with Gasteiger partial charge in [-0.15, -0.1) is 0 Å². The normalized spacial score (nSPS) is 20.0. The highest BCUT2D eigenvalue weighted by molar-refractivity contribution is 9.09. The fourth-order valence-corrected chi connectivity index (χ4v) is 3.39. The number of carbonyl (C=O) groups is 1. The van der Waals surface area contributed by atoms with Crippen LogP contribution in [0.15, 0.2) is 0 Å². The Kier molecular flexibility index (Phi) is 7.17. The zero-order valence-corrected chi connectivity index (χ0v) is 12.8. The number of hydrogen-bond acceptors (Lipinski definition) is 1. The van der Waals surface area contributed by atoms with E-state index in [-0.39, 0.29) is 11.9 Å². The van der Waals surface area contributed by atoms with Crippen LogP contribution in [0.4, 0.5) is 0 Å². The molecule has 1 N–H and O–H groups in total. The third-order valence-corrected chi connectivity index (χ3v) is 4.46. The first-order valence-corrected chi connectivity index (χ1v) is 8.11. The Balaban J connectivity index is 2.32. The van der Waals surface area contributed by atoms with Gasteiger partial charge in [0.05, 0.1) is 0 Å². The first-order valence-electron chi connectivity index (χ1n) is 6.98. The van der Waals surface area contributed by atoms with Gasteiger partial charge in [-0.1, -0.05) is 55.5 Å². The molecule has 1 amide bonds. The van der Waals surface area contributed by atoms with E-state index in [9.17, 15) is 4.79 Å². The third-order valence-electron chi connectivity index (χ3n) is 3.77. The molecule has 1 aliphatic rings. The summed E-state index contributed by atoms with van der Waals surface area (Å²) in [6.07, 6.45) is 8.55. The van der Waals surface area contributed by atoms with Gasteiger partial charge >= 0.3 is 0 Å². The molecule has 0 radical (unpaired) electrons.